The van der Waals surface area contributed by atoms with Gasteiger partial charge >= 0.3 is 5.69 Å². The predicted molar refractivity (Wildman–Crippen MR) is 93.3 cm³/mol. The van der Waals surface area contributed by atoms with Gasteiger partial charge in [0.05, 0.1) is 11.9 Å². The van der Waals surface area contributed by atoms with Crippen molar-refractivity contribution in [3.8, 4) is 5.69 Å². The van der Waals surface area contributed by atoms with Gasteiger partial charge in [-0.1, -0.05) is 18.2 Å². The Balaban J connectivity index is 1.68. The molecule has 3 rings (SSSR count). The van der Waals surface area contributed by atoms with E-state index in [0.29, 0.717) is 6.54 Å². The number of carbonyl (C=O) groups excluding carboxylic acids is 1. The molecule has 0 N–H and O–H groups in total. The highest BCUT2D eigenvalue weighted by atomic mass is 16.2. The molecule has 0 saturated heterocycles. The molecule has 0 aliphatic heterocycles. The molecule has 7 heteroatoms. The third kappa shape index (κ3) is 3.82. The maximum Gasteiger partial charge on any atom is 0.347 e. The van der Waals surface area contributed by atoms with Gasteiger partial charge < -0.3 is 4.90 Å². The van der Waals surface area contributed by atoms with Crippen LogP contribution in [0, 0.1) is 6.92 Å². The highest BCUT2D eigenvalue weighted by molar-refractivity contribution is 5.75. The lowest BCUT2D eigenvalue weighted by atomic mass is 10.2. The van der Waals surface area contributed by atoms with Crippen LogP contribution in [0.1, 0.15) is 11.1 Å². The number of hydrogen-bond acceptors (Lipinski definition) is 4. The Kier molecular flexibility index (Phi) is 4.74. The van der Waals surface area contributed by atoms with E-state index in [9.17, 15) is 9.59 Å². The summed E-state index contributed by atoms with van der Waals surface area (Å²) in [6.45, 7) is 2.41. The summed E-state index contributed by atoms with van der Waals surface area (Å²) < 4.78 is 3.09. The molecular weight excluding hydrogens is 318 g/mol. The molecule has 2 aromatic heterocycles. The molecule has 0 aliphatic carbocycles. The summed E-state index contributed by atoms with van der Waals surface area (Å²) in [5.41, 5.74) is 2.61. The van der Waals surface area contributed by atoms with Crippen LogP contribution in [0.15, 0.2) is 59.9 Å². The van der Waals surface area contributed by atoms with Crippen LogP contribution in [0.3, 0.4) is 0 Å². The zero-order valence-corrected chi connectivity index (χ0v) is 14.2. The van der Waals surface area contributed by atoms with E-state index in [0.717, 1.165) is 16.8 Å². The van der Waals surface area contributed by atoms with Crippen LogP contribution >= 0.6 is 0 Å². The predicted octanol–water partition coefficient (Wildman–Crippen LogP) is 1.40. The lowest BCUT2D eigenvalue weighted by Gasteiger charge is -2.16. The molecule has 0 unspecified atom stereocenters. The number of aromatic nitrogens is 4. The summed E-state index contributed by atoms with van der Waals surface area (Å²) in [5.74, 6) is -0.168. The summed E-state index contributed by atoms with van der Waals surface area (Å²) in [4.78, 5) is 29.1. The van der Waals surface area contributed by atoms with Gasteiger partial charge in [-0.25, -0.2) is 14.5 Å². The van der Waals surface area contributed by atoms with E-state index in [2.05, 4.69) is 10.1 Å². The quantitative estimate of drug-likeness (QED) is 0.705. The normalized spacial score (nSPS) is 10.6. The smallest absolute Gasteiger partial charge is 0.340 e. The van der Waals surface area contributed by atoms with Crippen molar-refractivity contribution in [2.75, 3.05) is 7.05 Å². The van der Waals surface area contributed by atoms with Gasteiger partial charge in [-0.2, -0.15) is 5.10 Å². The number of nitrogens with zero attached hydrogens (tertiary/aromatic N) is 5. The summed E-state index contributed by atoms with van der Waals surface area (Å²) in [6.07, 6.45) is 6.61. The second-order valence-electron chi connectivity index (χ2n) is 5.86. The van der Waals surface area contributed by atoms with Crippen LogP contribution in [-0.2, 0) is 17.9 Å². The van der Waals surface area contributed by atoms with Crippen LogP contribution < -0.4 is 5.69 Å². The van der Waals surface area contributed by atoms with E-state index in [4.69, 9.17) is 0 Å². The second-order valence-corrected chi connectivity index (χ2v) is 5.86. The number of aryl methyl sites for hydroxylation is 1. The first-order valence-corrected chi connectivity index (χ1v) is 7.89. The fraction of sp³-hybridized carbons (Fsp3) is 0.222. The van der Waals surface area contributed by atoms with Gasteiger partial charge in [0.1, 0.15) is 6.54 Å². The zero-order chi connectivity index (χ0) is 17.8. The van der Waals surface area contributed by atoms with Crippen molar-refractivity contribution in [2.45, 2.75) is 20.0 Å². The van der Waals surface area contributed by atoms with Crippen LogP contribution in [0.4, 0.5) is 0 Å². The SMILES string of the molecule is Cc1ccccc1-n1cc(CN(C)C(=O)Cn2cccnc2=O)cn1. The molecule has 3 aromatic rings. The third-order valence-corrected chi connectivity index (χ3v) is 3.93. The summed E-state index contributed by atoms with van der Waals surface area (Å²) in [6, 6.07) is 9.59. The second kappa shape index (κ2) is 7.12. The number of hydrogen-bond donors (Lipinski definition) is 0. The van der Waals surface area contributed by atoms with E-state index >= 15 is 0 Å². The Morgan fingerprint density at radius 2 is 2.04 bits per heavy atom. The molecule has 1 amide bonds. The molecule has 1 aromatic carbocycles. The number of amides is 1. The lowest BCUT2D eigenvalue weighted by Crippen LogP contribution is -2.33. The van der Waals surface area contributed by atoms with Crippen LogP contribution in [0.5, 0.6) is 0 Å². The first-order valence-electron chi connectivity index (χ1n) is 7.89. The minimum atomic E-state index is -0.434. The molecule has 0 bridgehead atoms. The maximum absolute atomic E-state index is 12.3. The van der Waals surface area contributed by atoms with Crippen molar-refractivity contribution < 1.29 is 4.79 Å². The van der Waals surface area contributed by atoms with Crippen LogP contribution in [-0.4, -0.2) is 37.2 Å². The molecule has 128 valence electrons. The lowest BCUT2D eigenvalue weighted by molar-refractivity contribution is -0.131. The average molecular weight is 337 g/mol. The Morgan fingerprint density at radius 1 is 1.24 bits per heavy atom. The Bertz CT molecular complexity index is 944. The van der Waals surface area contributed by atoms with Gasteiger partial charge in [-0.15, -0.1) is 0 Å². The largest absolute Gasteiger partial charge is 0.347 e. The summed E-state index contributed by atoms with van der Waals surface area (Å²) in [5, 5.41) is 4.37. The van der Waals surface area contributed by atoms with Crippen LogP contribution in [0.2, 0.25) is 0 Å². The third-order valence-electron chi connectivity index (χ3n) is 3.93. The first-order chi connectivity index (χ1) is 12.0. The maximum atomic E-state index is 12.3. The highest BCUT2D eigenvalue weighted by Gasteiger charge is 2.12. The number of rotatable bonds is 5. The fourth-order valence-corrected chi connectivity index (χ4v) is 2.53. The van der Waals surface area contributed by atoms with Crippen molar-refractivity contribution in [3.05, 3.63) is 76.7 Å². The topological polar surface area (TPSA) is 73.0 Å². The van der Waals surface area contributed by atoms with Gasteiger partial charge in [0.15, 0.2) is 0 Å². The Labute approximate surface area is 145 Å². The molecule has 7 nitrogen and oxygen atoms in total. The highest BCUT2D eigenvalue weighted by Crippen LogP contribution is 2.13. The Morgan fingerprint density at radius 3 is 2.80 bits per heavy atom. The molecule has 0 spiro atoms. The first kappa shape index (κ1) is 16.6. The van der Waals surface area contributed by atoms with E-state index in [1.54, 1.807) is 35.1 Å². The monoisotopic (exact) mass is 337 g/mol. The minimum Gasteiger partial charge on any atom is -0.340 e. The number of para-hydroxylation sites is 1. The van der Waals surface area contributed by atoms with Gasteiger partial charge in [0.25, 0.3) is 0 Å². The van der Waals surface area contributed by atoms with E-state index in [1.165, 1.54) is 10.8 Å². The van der Waals surface area contributed by atoms with Gasteiger partial charge in [-0.3, -0.25) is 9.36 Å². The van der Waals surface area contributed by atoms with Crippen molar-refractivity contribution >= 4 is 5.91 Å². The Hall–Kier alpha value is -3.22. The zero-order valence-electron chi connectivity index (χ0n) is 14.2. The molecule has 0 aliphatic rings. The molecule has 25 heavy (non-hydrogen) atoms. The number of likely N-dealkylation sites (N-methyl/N-ethyl adjacent to an activating group) is 1. The molecule has 0 saturated carbocycles. The van der Waals surface area contributed by atoms with Gasteiger partial charge in [0, 0.05) is 37.7 Å². The molecule has 0 radical (unpaired) electrons. The molecule has 2 heterocycles. The van der Waals surface area contributed by atoms with E-state index < -0.39 is 5.69 Å². The molecule has 0 fully saturated rings. The number of carbonyl (C=O) groups is 1. The average Bonchev–Trinajstić information content (AvgIpc) is 3.05. The van der Waals surface area contributed by atoms with Crippen molar-refractivity contribution in [2.24, 2.45) is 0 Å². The molecule has 0 atom stereocenters. The number of benzene rings is 1. The van der Waals surface area contributed by atoms with Crippen molar-refractivity contribution in [1.82, 2.24) is 24.2 Å². The van der Waals surface area contributed by atoms with Crippen molar-refractivity contribution in [3.63, 3.8) is 0 Å². The van der Waals surface area contributed by atoms with Crippen LogP contribution in [0.25, 0.3) is 5.69 Å². The van der Waals surface area contributed by atoms with Crippen molar-refractivity contribution in [1.29, 1.82) is 0 Å². The van der Waals surface area contributed by atoms with Gasteiger partial charge in [-0.05, 0) is 24.6 Å². The summed E-state index contributed by atoms with van der Waals surface area (Å²) in [7, 11) is 1.70. The molecular formula is C18H19N5O2. The van der Waals surface area contributed by atoms with E-state index in [1.807, 2.05) is 37.4 Å². The minimum absolute atomic E-state index is 0.0326. The van der Waals surface area contributed by atoms with E-state index in [-0.39, 0.29) is 12.5 Å². The van der Waals surface area contributed by atoms with Gasteiger partial charge in [0.2, 0.25) is 5.91 Å². The standard InChI is InChI=1S/C18H19N5O2/c1-14-6-3-4-7-16(14)23-12-15(10-20-23)11-21(2)17(24)13-22-9-5-8-19-18(22)25/h3-10,12H,11,13H2,1-2H3. The summed E-state index contributed by atoms with van der Waals surface area (Å²) >= 11 is 0. The fourth-order valence-electron chi connectivity index (χ4n) is 2.53.